The lowest BCUT2D eigenvalue weighted by molar-refractivity contribution is 0.0222. The second-order valence-corrected chi connectivity index (χ2v) is 4.62. The molecule has 1 aromatic carbocycles. The van der Waals surface area contributed by atoms with Crippen molar-refractivity contribution in [3.8, 4) is 5.75 Å². The first-order valence-corrected chi connectivity index (χ1v) is 5.32. The quantitative estimate of drug-likeness (QED) is 0.716. The fourth-order valence-electron chi connectivity index (χ4n) is 2.27. The van der Waals surface area contributed by atoms with Crippen LogP contribution < -0.4 is 5.73 Å². The van der Waals surface area contributed by atoms with Gasteiger partial charge in [0.05, 0.1) is 6.10 Å². The van der Waals surface area contributed by atoms with Crippen molar-refractivity contribution in [2.24, 2.45) is 5.73 Å². The number of aliphatic hydroxyl groups is 1. The van der Waals surface area contributed by atoms with Crippen LogP contribution in [0.4, 0.5) is 0 Å². The molecule has 0 saturated heterocycles. The lowest BCUT2D eigenvalue weighted by Crippen LogP contribution is -2.49. The van der Waals surface area contributed by atoms with Gasteiger partial charge in [-0.2, -0.15) is 0 Å². The molecule has 0 aromatic heterocycles. The first-order valence-electron chi connectivity index (χ1n) is 4.94. The number of rotatable bonds is 2. The van der Waals surface area contributed by atoms with Crippen molar-refractivity contribution in [3.05, 3.63) is 28.8 Å². The van der Waals surface area contributed by atoms with Gasteiger partial charge in [-0.25, -0.2) is 0 Å². The van der Waals surface area contributed by atoms with Gasteiger partial charge in [-0.1, -0.05) is 17.7 Å². The number of hydrogen-bond acceptors (Lipinski definition) is 3. The zero-order valence-corrected chi connectivity index (χ0v) is 9.04. The summed E-state index contributed by atoms with van der Waals surface area (Å²) in [6, 6.07) is 4.90. The van der Waals surface area contributed by atoms with E-state index in [0.717, 1.165) is 5.56 Å². The molecule has 0 unspecified atom stereocenters. The molecule has 0 heterocycles. The molecular weight excluding hydrogens is 214 g/mol. The SMILES string of the molecule is NCC1(c2ccc(O)cc2Cl)CC(O)C1. The predicted octanol–water partition coefficient (Wildman–Crippen LogP) is 1.40. The number of halogens is 1. The van der Waals surface area contributed by atoms with Gasteiger partial charge in [0.15, 0.2) is 0 Å². The predicted molar refractivity (Wildman–Crippen MR) is 59.1 cm³/mol. The van der Waals surface area contributed by atoms with Crippen molar-refractivity contribution in [2.45, 2.75) is 24.4 Å². The smallest absolute Gasteiger partial charge is 0.117 e. The Labute approximate surface area is 93.5 Å². The molecule has 0 spiro atoms. The van der Waals surface area contributed by atoms with Crippen molar-refractivity contribution in [2.75, 3.05) is 6.54 Å². The molecule has 4 N–H and O–H groups in total. The number of hydrogen-bond donors (Lipinski definition) is 3. The number of phenols is 1. The summed E-state index contributed by atoms with van der Waals surface area (Å²) in [7, 11) is 0. The van der Waals surface area contributed by atoms with Crippen LogP contribution in [0, 0.1) is 0 Å². The highest BCUT2D eigenvalue weighted by Crippen LogP contribution is 2.46. The highest BCUT2D eigenvalue weighted by atomic mass is 35.5. The number of nitrogens with two attached hydrogens (primary N) is 1. The van der Waals surface area contributed by atoms with Crippen LogP contribution in [0.25, 0.3) is 0 Å². The van der Waals surface area contributed by atoms with Crippen molar-refractivity contribution in [1.82, 2.24) is 0 Å². The molecule has 1 aromatic rings. The van der Waals surface area contributed by atoms with Crippen LogP contribution in [0.3, 0.4) is 0 Å². The first kappa shape index (κ1) is 10.7. The Bertz CT molecular complexity index is 375. The van der Waals surface area contributed by atoms with Crippen molar-refractivity contribution >= 4 is 11.6 Å². The third-order valence-corrected chi connectivity index (χ3v) is 3.48. The van der Waals surface area contributed by atoms with Gasteiger partial charge in [-0.3, -0.25) is 0 Å². The van der Waals surface area contributed by atoms with Gasteiger partial charge < -0.3 is 15.9 Å². The van der Waals surface area contributed by atoms with Crippen LogP contribution in [0.1, 0.15) is 18.4 Å². The minimum Gasteiger partial charge on any atom is -0.508 e. The molecule has 3 nitrogen and oxygen atoms in total. The Morgan fingerprint density at radius 1 is 1.47 bits per heavy atom. The molecule has 1 saturated carbocycles. The summed E-state index contributed by atoms with van der Waals surface area (Å²) in [5, 5.41) is 19.1. The molecule has 1 fully saturated rings. The van der Waals surface area contributed by atoms with Crippen molar-refractivity contribution < 1.29 is 10.2 Å². The van der Waals surface area contributed by atoms with E-state index in [2.05, 4.69) is 0 Å². The van der Waals surface area contributed by atoms with E-state index in [9.17, 15) is 10.2 Å². The Morgan fingerprint density at radius 2 is 2.13 bits per heavy atom. The number of phenolic OH excluding ortho intramolecular Hbond substituents is 1. The minimum atomic E-state index is -0.279. The standard InChI is InChI=1S/C11H14ClNO2/c12-10-3-7(14)1-2-9(10)11(6-13)4-8(15)5-11/h1-3,8,14-15H,4-6,13H2. The zero-order chi connectivity index (χ0) is 11.1. The summed E-state index contributed by atoms with van der Waals surface area (Å²) in [6.07, 6.45) is 1.01. The molecule has 0 aliphatic heterocycles. The zero-order valence-electron chi connectivity index (χ0n) is 8.28. The van der Waals surface area contributed by atoms with E-state index < -0.39 is 0 Å². The number of aliphatic hydroxyl groups excluding tert-OH is 1. The Kier molecular flexibility index (Phi) is 2.63. The van der Waals surface area contributed by atoms with Gasteiger partial charge in [0.1, 0.15) is 5.75 Å². The molecule has 2 rings (SSSR count). The molecular formula is C11H14ClNO2. The molecule has 15 heavy (non-hydrogen) atoms. The van der Waals surface area contributed by atoms with Gasteiger partial charge in [-0.15, -0.1) is 0 Å². The van der Waals surface area contributed by atoms with Gasteiger partial charge in [-0.05, 0) is 30.5 Å². The maximum Gasteiger partial charge on any atom is 0.117 e. The van der Waals surface area contributed by atoms with E-state index >= 15 is 0 Å². The van der Waals surface area contributed by atoms with Gasteiger partial charge >= 0.3 is 0 Å². The average molecular weight is 228 g/mol. The van der Waals surface area contributed by atoms with Crippen molar-refractivity contribution in [1.29, 1.82) is 0 Å². The van der Waals surface area contributed by atoms with Gasteiger partial charge in [0.2, 0.25) is 0 Å². The van der Waals surface area contributed by atoms with Crippen molar-refractivity contribution in [3.63, 3.8) is 0 Å². The summed E-state index contributed by atoms with van der Waals surface area (Å²) >= 11 is 6.06. The van der Waals surface area contributed by atoms with E-state index in [-0.39, 0.29) is 17.3 Å². The van der Waals surface area contributed by atoms with Crippen LogP contribution in [-0.4, -0.2) is 22.9 Å². The van der Waals surface area contributed by atoms with Gasteiger partial charge in [0.25, 0.3) is 0 Å². The highest BCUT2D eigenvalue weighted by Gasteiger charge is 2.44. The molecule has 4 heteroatoms. The highest BCUT2D eigenvalue weighted by molar-refractivity contribution is 6.31. The van der Waals surface area contributed by atoms with Crippen LogP contribution in [0.15, 0.2) is 18.2 Å². The van der Waals surface area contributed by atoms with E-state index in [0.29, 0.717) is 24.4 Å². The van der Waals surface area contributed by atoms with E-state index in [1.54, 1.807) is 12.1 Å². The second kappa shape index (κ2) is 3.67. The summed E-state index contributed by atoms with van der Waals surface area (Å²) in [4.78, 5) is 0. The fourth-order valence-corrected chi connectivity index (χ4v) is 2.65. The minimum absolute atomic E-state index is 0.149. The molecule has 0 amide bonds. The Balaban J connectivity index is 2.36. The maximum atomic E-state index is 9.37. The van der Waals surface area contributed by atoms with Crippen LogP contribution in [0.5, 0.6) is 5.75 Å². The average Bonchev–Trinajstić information content (AvgIpc) is 2.13. The normalized spacial score (nSPS) is 29.9. The third kappa shape index (κ3) is 1.71. The fraction of sp³-hybridized carbons (Fsp3) is 0.455. The van der Waals surface area contributed by atoms with Gasteiger partial charge in [0, 0.05) is 17.0 Å². The Morgan fingerprint density at radius 3 is 2.60 bits per heavy atom. The summed E-state index contributed by atoms with van der Waals surface area (Å²) in [5.41, 5.74) is 6.46. The Hall–Kier alpha value is -0.770. The van der Waals surface area contributed by atoms with Crippen LogP contribution >= 0.6 is 11.6 Å². The number of aromatic hydroxyl groups is 1. The molecule has 0 bridgehead atoms. The second-order valence-electron chi connectivity index (χ2n) is 4.21. The number of benzene rings is 1. The molecule has 1 aliphatic carbocycles. The lowest BCUT2D eigenvalue weighted by atomic mass is 9.63. The maximum absolute atomic E-state index is 9.37. The van der Waals surface area contributed by atoms with Crippen LogP contribution in [-0.2, 0) is 5.41 Å². The lowest BCUT2D eigenvalue weighted by Gasteiger charge is -2.45. The van der Waals surface area contributed by atoms with E-state index in [4.69, 9.17) is 17.3 Å². The monoisotopic (exact) mass is 227 g/mol. The van der Waals surface area contributed by atoms with E-state index in [1.165, 1.54) is 6.07 Å². The largest absolute Gasteiger partial charge is 0.508 e. The molecule has 0 radical (unpaired) electrons. The first-order chi connectivity index (χ1) is 7.07. The third-order valence-electron chi connectivity index (χ3n) is 3.17. The summed E-state index contributed by atoms with van der Waals surface area (Å²) in [5.74, 6) is 0.149. The topological polar surface area (TPSA) is 66.5 Å². The summed E-state index contributed by atoms with van der Waals surface area (Å²) in [6.45, 7) is 0.467. The van der Waals surface area contributed by atoms with E-state index in [1.807, 2.05) is 0 Å². The molecule has 82 valence electrons. The summed E-state index contributed by atoms with van der Waals surface area (Å²) < 4.78 is 0. The molecule has 0 atom stereocenters. The van der Waals surface area contributed by atoms with Crippen LogP contribution in [0.2, 0.25) is 5.02 Å². The molecule has 1 aliphatic rings.